The molecule has 0 saturated carbocycles. The number of carbonyl (C=O) groups is 4. The molecule has 166 valence electrons. The second-order valence-corrected chi connectivity index (χ2v) is 8.48. The van der Waals surface area contributed by atoms with Crippen molar-refractivity contribution >= 4 is 66.7 Å². The van der Waals surface area contributed by atoms with Gasteiger partial charge in [0.25, 0.3) is 23.6 Å². The quantitative estimate of drug-likeness (QED) is 0.185. The third-order valence-electron chi connectivity index (χ3n) is 7.04. The van der Waals surface area contributed by atoms with Crippen LogP contribution in [0.4, 0.5) is 0 Å². The summed E-state index contributed by atoms with van der Waals surface area (Å²) >= 11 is 0. The number of carbonyl (C=O) groups excluding carboxylic acids is 4. The van der Waals surface area contributed by atoms with E-state index in [9.17, 15) is 19.2 Å². The fourth-order valence-corrected chi connectivity index (χ4v) is 5.51. The van der Waals surface area contributed by atoms with Crippen LogP contribution in [-0.4, -0.2) is 47.5 Å². The van der Waals surface area contributed by atoms with Gasteiger partial charge in [0, 0.05) is 47.1 Å². The van der Waals surface area contributed by atoms with Crippen LogP contribution >= 0.6 is 0 Å². The molecule has 7 rings (SSSR count). The first-order valence-electron chi connectivity index (χ1n) is 11.2. The van der Waals surface area contributed by atoms with Crippen molar-refractivity contribution in [3.05, 3.63) is 70.8 Å². The minimum Gasteiger partial charge on any atom is -0.277 e. The van der Waals surface area contributed by atoms with Crippen molar-refractivity contribution in [2.24, 2.45) is 0 Å². The maximum atomic E-state index is 12.8. The number of amides is 4. The van der Waals surface area contributed by atoms with E-state index in [1.807, 2.05) is 38.1 Å². The Hall–Kier alpha value is -4.32. The lowest BCUT2D eigenvalue weighted by atomic mass is 9.82. The molecule has 0 aromatic heterocycles. The average Bonchev–Trinajstić information content (AvgIpc) is 2.88. The largest absolute Gasteiger partial charge is 0.277 e. The third-order valence-corrected chi connectivity index (χ3v) is 7.04. The molecular weight excluding hydrogens is 428 g/mol. The molecule has 0 aliphatic carbocycles. The van der Waals surface area contributed by atoms with E-state index >= 15 is 0 Å². The SMILES string of the molecule is CC.CN1C(=O)c2ccc3c4ccc5c6c(ccc(c7ccc(c2c37)C1=O)c64)C(=O)N(C)C5=O. The van der Waals surface area contributed by atoms with Crippen LogP contribution in [0.15, 0.2) is 48.5 Å². The number of benzene rings is 5. The van der Waals surface area contributed by atoms with E-state index in [4.69, 9.17) is 0 Å². The van der Waals surface area contributed by atoms with Crippen molar-refractivity contribution in [1.82, 2.24) is 9.80 Å². The second kappa shape index (κ2) is 6.60. The van der Waals surface area contributed by atoms with Gasteiger partial charge in [-0.3, -0.25) is 29.0 Å². The van der Waals surface area contributed by atoms with Gasteiger partial charge < -0.3 is 0 Å². The summed E-state index contributed by atoms with van der Waals surface area (Å²) in [4.78, 5) is 53.7. The molecule has 0 spiro atoms. The average molecular weight is 448 g/mol. The van der Waals surface area contributed by atoms with E-state index in [2.05, 4.69) is 0 Å². The maximum Gasteiger partial charge on any atom is 0.261 e. The van der Waals surface area contributed by atoms with Crippen molar-refractivity contribution in [2.45, 2.75) is 13.8 Å². The minimum atomic E-state index is -0.318. The van der Waals surface area contributed by atoms with Gasteiger partial charge >= 0.3 is 0 Å². The Balaban J connectivity index is 0.00000106. The van der Waals surface area contributed by atoms with Crippen molar-refractivity contribution in [3.63, 3.8) is 0 Å². The van der Waals surface area contributed by atoms with Gasteiger partial charge in [-0.15, -0.1) is 0 Å². The molecule has 6 nitrogen and oxygen atoms in total. The number of hydrogen-bond donors (Lipinski definition) is 0. The molecule has 0 radical (unpaired) electrons. The first kappa shape index (κ1) is 20.3. The Morgan fingerprint density at radius 2 is 0.647 bits per heavy atom. The Labute approximate surface area is 194 Å². The molecule has 0 saturated heterocycles. The lowest BCUT2D eigenvalue weighted by Crippen LogP contribution is -2.37. The number of hydrogen-bond acceptors (Lipinski definition) is 4. The Kier molecular flexibility index (Phi) is 3.94. The van der Waals surface area contributed by atoms with Crippen molar-refractivity contribution in [3.8, 4) is 0 Å². The maximum absolute atomic E-state index is 12.8. The fourth-order valence-electron chi connectivity index (χ4n) is 5.51. The standard InChI is InChI=1S/C26H14N2O4.C2H6/c1-27-23(29)15-7-3-11-13-5-9-17-22-18(26(32)28(2)25(17)31)10-6-14(20(13)22)12-4-8-16(24(27)30)21(15)19(11)12;1-2/h3-10H,1-2H3;1-2H3. The Morgan fingerprint density at radius 3 is 0.882 bits per heavy atom. The van der Waals surface area contributed by atoms with Crippen LogP contribution in [0.25, 0.3) is 43.1 Å². The highest BCUT2D eigenvalue weighted by molar-refractivity contribution is 6.41. The summed E-state index contributed by atoms with van der Waals surface area (Å²) in [6.07, 6.45) is 0. The lowest BCUT2D eigenvalue weighted by Gasteiger charge is -2.27. The van der Waals surface area contributed by atoms with Gasteiger partial charge in [0.1, 0.15) is 0 Å². The van der Waals surface area contributed by atoms with Crippen LogP contribution in [-0.2, 0) is 0 Å². The molecule has 0 unspecified atom stereocenters. The first-order chi connectivity index (χ1) is 16.4. The predicted molar refractivity (Wildman–Crippen MR) is 132 cm³/mol. The van der Waals surface area contributed by atoms with Gasteiger partial charge in [0.15, 0.2) is 0 Å². The van der Waals surface area contributed by atoms with Crippen molar-refractivity contribution in [1.29, 1.82) is 0 Å². The molecule has 4 amide bonds. The zero-order valence-corrected chi connectivity index (χ0v) is 19.1. The summed E-state index contributed by atoms with van der Waals surface area (Å²) in [5, 5.41) is 6.60. The molecule has 0 bridgehead atoms. The summed E-state index contributed by atoms with van der Waals surface area (Å²) < 4.78 is 0. The van der Waals surface area contributed by atoms with Crippen LogP contribution < -0.4 is 0 Å². The molecule has 2 aliphatic rings. The topological polar surface area (TPSA) is 74.8 Å². The second-order valence-electron chi connectivity index (χ2n) is 8.48. The van der Waals surface area contributed by atoms with Crippen LogP contribution in [0.5, 0.6) is 0 Å². The minimum absolute atomic E-state index is 0.318. The van der Waals surface area contributed by atoms with Gasteiger partial charge in [-0.2, -0.15) is 0 Å². The Morgan fingerprint density at radius 1 is 0.412 bits per heavy atom. The molecular formula is C28H20N2O4. The van der Waals surface area contributed by atoms with Gasteiger partial charge in [-0.25, -0.2) is 0 Å². The van der Waals surface area contributed by atoms with Crippen LogP contribution in [0.3, 0.4) is 0 Å². The highest BCUT2D eigenvalue weighted by Gasteiger charge is 2.34. The summed E-state index contributed by atoms with van der Waals surface area (Å²) in [5.41, 5.74) is 2.01. The number of imide groups is 2. The Bertz CT molecular complexity index is 1530. The molecule has 0 N–H and O–H groups in total. The van der Waals surface area contributed by atoms with Crippen molar-refractivity contribution in [2.75, 3.05) is 14.1 Å². The normalized spacial score (nSPS) is 15.2. The van der Waals surface area contributed by atoms with Gasteiger partial charge in [0.05, 0.1) is 0 Å². The number of fused-ring (bicyclic) bond motifs is 2. The van der Waals surface area contributed by atoms with Crippen LogP contribution in [0.2, 0.25) is 0 Å². The number of nitrogens with zero attached hydrogens (tertiary/aromatic N) is 2. The molecule has 0 atom stereocenters. The molecule has 5 aromatic rings. The number of rotatable bonds is 0. The molecule has 5 aromatic carbocycles. The van der Waals surface area contributed by atoms with E-state index in [0.29, 0.717) is 33.0 Å². The summed E-state index contributed by atoms with van der Waals surface area (Å²) in [6, 6.07) is 14.7. The van der Waals surface area contributed by atoms with Gasteiger partial charge in [0.2, 0.25) is 0 Å². The van der Waals surface area contributed by atoms with Gasteiger partial charge in [-0.05, 0) is 56.6 Å². The van der Waals surface area contributed by atoms with E-state index < -0.39 is 0 Å². The highest BCUT2D eigenvalue weighted by Crippen LogP contribution is 2.45. The zero-order chi connectivity index (χ0) is 24.0. The first-order valence-corrected chi connectivity index (χ1v) is 11.2. The van der Waals surface area contributed by atoms with Crippen molar-refractivity contribution < 1.29 is 19.2 Å². The van der Waals surface area contributed by atoms with E-state index in [1.165, 1.54) is 14.1 Å². The van der Waals surface area contributed by atoms with Crippen LogP contribution in [0.1, 0.15) is 55.3 Å². The molecule has 2 heterocycles. The fraction of sp³-hybridized carbons (Fsp3) is 0.143. The highest BCUT2D eigenvalue weighted by atomic mass is 16.2. The van der Waals surface area contributed by atoms with E-state index in [1.54, 1.807) is 24.3 Å². The monoisotopic (exact) mass is 448 g/mol. The summed E-state index contributed by atoms with van der Waals surface area (Å²) in [7, 11) is 2.99. The molecule has 2 aliphatic heterocycles. The summed E-state index contributed by atoms with van der Waals surface area (Å²) in [5.74, 6) is -1.27. The molecule has 34 heavy (non-hydrogen) atoms. The summed E-state index contributed by atoms with van der Waals surface area (Å²) in [6.45, 7) is 4.00. The van der Waals surface area contributed by atoms with Crippen LogP contribution in [0, 0.1) is 0 Å². The third kappa shape index (κ3) is 2.15. The van der Waals surface area contributed by atoms with E-state index in [-0.39, 0.29) is 23.6 Å². The zero-order valence-electron chi connectivity index (χ0n) is 19.1. The molecule has 0 fully saturated rings. The predicted octanol–water partition coefficient (Wildman–Crippen LogP) is 5.22. The molecule has 6 heteroatoms. The van der Waals surface area contributed by atoms with E-state index in [0.717, 1.165) is 42.1 Å². The smallest absolute Gasteiger partial charge is 0.261 e. The lowest BCUT2D eigenvalue weighted by molar-refractivity contribution is 0.0635. The van der Waals surface area contributed by atoms with Gasteiger partial charge in [-0.1, -0.05) is 38.1 Å².